The van der Waals surface area contributed by atoms with E-state index < -0.39 is 0 Å². The van der Waals surface area contributed by atoms with Crippen molar-refractivity contribution in [2.75, 3.05) is 17.3 Å². The number of anilines is 1. The summed E-state index contributed by atoms with van der Waals surface area (Å²) < 4.78 is 0. The first kappa shape index (κ1) is 11.7. The minimum absolute atomic E-state index is 0.0115. The van der Waals surface area contributed by atoms with Crippen LogP contribution in [-0.4, -0.2) is 33.3 Å². The zero-order valence-corrected chi connectivity index (χ0v) is 10.9. The number of carbonyl (C=O) groups excluding carboxylic acids is 1. The average molecular weight is 285 g/mol. The molecule has 1 aliphatic rings. The van der Waals surface area contributed by atoms with E-state index >= 15 is 0 Å². The summed E-state index contributed by atoms with van der Waals surface area (Å²) in [6.07, 6.45) is 2.18. The normalized spacial score (nSPS) is 20.0. The van der Waals surface area contributed by atoms with Crippen molar-refractivity contribution in [1.82, 2.24) is 15.0 Å². The van der Waals surface area contributed by atoms with Crippen LogP contribution in [0.15, 0.2) is 12.3 Å². The number of alkyl halides is 1. The summed E-state index contributed by atoms with van der Waals surface area (Å²) in [5.74, 6) is 0.942. The first-order chi connectivity index (χ1) is 8.69. The minimum atomic E-state index is -0.0115. The number of aromatic amines is 1. The molecule has 1 saturated heterocycles. The molecular weight excluding hydrogens is 275 g/mol. The molecule has 3 heterocycles. The minimum Gasteiger partial charge on any atom is -0.346 e. The van der Waals surface area contributed by atoms with Gasteiger partial charge in [0.2, 0.25) is 11.9 Å². The highest BCUT2D eigenvalue weighted by Gasteiger charge is 2.32. The molecule has 0 bridgehead atoms. The number of aromatic nitrogens is 3. The third-order valence-corrected chi connectivity index (χ3v) is 3.75. The summed E-state index contributed by atoms with van der Waals surface area (Å²) in [7, 11) is 0. The Morgan fingerprint density at radius 2 is 2.33 bits per heavy atom. The number of nitrogens with one attached hydrogen (secondary N) is 1. The Morgan fingerprint density at radius 1 is 1.50 bits per heavy atom. The van der Waals surface area contributed by atoms with E-state index in [2.05, 4.69) is 15.0 Å². The van der Waals surface area contributed by atoms with Gasteiger partial charge in [-0.3, -0.25) is 9.69 Å². The van der Waals surface area contributed by atoms with E-state index in [0.29, 0.717) is 35.6 Å². The van der Waals surface area contributed by atoms with Gasteiger partial charge in [0, 0.05) is 25.0 Å². The highest BCUT2D eigenvalue weighted by Crippen LogP contribution is 2.27. The van der Waals surface area contributed by atoms with Crippen molar-refractivity contribution in [3.63, 3.8) is 0 Å². The highest BCUT2D eigenvalue weighted by molar-refractivity contribution is 6.34. The second kappa shape index (κ2) is 4.40. The van der Waals surface area contributed by atoms with Gasteiger partial charge >= 0.3 is 0 Å². The lowest BCUT2D eigenvalue weighted by Gasteiger charge is -2.14. The van der Waals surface area contributed by atoms with E-state index in [4.69, 9.17) is 23.2 Å². The topological polar surface area (TPSA) is 61.9 Å². The lowest BCUT2D eigenvalue weighted by molar-refractivity contribution is -0.117. The quantitative estimate of drug-likeness (QED) is 0.679. The lowest BCUT2D eigenvalue weighted by atomic mass is 10.2. The van der Waals surface area contributed by atoms with Gasteiger partial charge in [-0.15, -0.1) is 11.6 Å². The van der Waals surface area contributed by atoms with Gasteiger partial charge in [0.15, 0.2) is 0 Å². The Hall–Kier alpha value is -1.33. The van der Waals surface area contributed by atoms with E-state index in [1.807, 2.05) is 0 Å². The second-order valence-corrected chi connectivity index (χ2v) is 4.95. The van der Waals surface area contributed by atoms with Crippen LogP contribution in [-0.2, 0) is 4.79 Å². The fraction of sp³-hybridized carbons (Fsp3) is 0.364. The third-order valence-electron chi connectivity index (χ3n) is 3.02. The number of fused-ring (bicyclic) bond motifs is 1. The number of halogens is 2. The maximum atomic E-state index is 11.9. The van der Waals surface area contributed by atoms with E-state index in [1.165, 1.54) is 0 Å². The molecule has 5 nitrogen and oxygen atoms in total. The predicted octanol–water partition coefficient (Wildman–Crippen LogP) is 2.20. The van der Waals surface area contributed by atoms with Gasteiger partial charge < -0.3 is 4.98 Å². The summed E-state index contributed by atoms with van der Waals surface area (Å²) in [5.41, 5.74) is 0.632. The maximum absolute atomic E-state index is 11.9. The molecule has 2 aromatic rings. The van der Waals surface area contributed by atoms with Crippen LogP contribution in [0.5, 0.6) is 0 Å². The summed E-state index contributed by atoms with van der Waals surface area (Å²) in [5, 5.41) is 1.10. The zero-order chi connectivity index (χ0) is 12.7. The largest absolute Gasteiger partial charge is 0.346 e. The Bertz CT molecular complexity index is 612. The molecule has 0 radical (unpaired) electrons. The molecule has 1 N–H and O–H groups in total. The number of hydrogen-bond donors (Lipinski definition) is 1. The van der Waals surface area contributed by atoms with Crippen LogP contribution in [0.3, 0.4) is 0 Å². The number of amides is 1. The number of nitrogens with zero attached hydrogens (tertiary/aromatic N) is 3. The van der Waals surface area contributed by atoms with Crippen molar-refractivity contribution < 1.29 is 4.79 Å². The Balaban J connectivity index is 2.01. The third kappa shape index (κ3) is 1.83. The van der Waals surface area contributed by atoms with Crippen LogP contribution in [0.25, 0.3) is 11.0 Å². The van der Waals surface area contributed by atoms with Crippen molar-refractivity contribution in [3.8, 4) is 0 Å². The first-order valence-electron chi connectivity index (χ1n) is 5.56. The summed E-state index contributed by atoms with van der Waals surface area (Å²) in [6, 6.07) is 1.80. The van der Waals surface area contributed by atoms with Gasteiger partial charge in [-0.1, -0.05) is 11.6 Å². The average Bonchev–Trinajstić information content (AvgIpc) is 2.95. The molecule has 3 rings (SSSR count). The van der Waals surface area contributed by atoms with E-state index in [1.54, 1.807) is 17.2 Å². The van der Waals surface area contributed by atoms with Crippen LogP contribution in [0.1, 0.15) is 6.42 Å². The second-order valence-electron chi connectivity index (χ2n) is 4.28. The van der Waals surface area contributed by atoms with E-state index in [-0.39, 0.29) is 11.8 Å². The Kier molecular flexibility index (Phi) is 2.87. The van der Waals surface area contributed by atoms with Crippen molar-refractivity contribution in [1.29, 1.82) is 0 Å². The number of H-pyrrole nitrogens is 1. The number of hydrogen-bond acceptors (Lipinski definition) is 3. The van der Waals surface area contributed by atoms with Crippen molar-refractivity contribution in [2.45, 2.75) is 6.42 Å². The molecule has 7 heteroatoms. The predicted molar refractivity (Wildman–Crippen MR) is 70.1 cm³/mol. The molecule has 0 aliphatic carbocycles. The number of rotatable bonds is 2. The summed E-state index contributed by atoms with van der Waals surface area (Å²) in [6.45, 7) is 0.547. The van der Waals surface area contributed by atoms with Gasteiger partial charge in [0.25, 0.3) is 0 Å². The first-order valence-corrected chi connectivity index (χ1v) is 6.47. The molecule has 1 aliphatic heterocycles. The molecule has 0 spiro atoms. The Labute approximate surface area is 113 Å². The van der Waals surface area contributed by atoms with E-state index in [9.17, 15) is 4.79 Å². The molecule has 0 saturated carbocycles. The van der Waals surface area contributed by atoms with Gasteiger partial charge in [0.1, 0.15) is 10.8 Å². The molecule has 2 aromatic heterocycles. The molecule has 1 atom stereocenters. The fourth-order valence-corrected chi connectivity index (χ4v) is 2.53. The molecule has 1 unspecified atom stereocenters. The molecule has 1 amide bonds. The molecular formula is C11H10Cl2N4O. The summed E-state index contributed by atoms with van der Waals surface area (Å²) in [4.78, 5) is 24.8. The number of carbonyl (C=O) groups is 1. The SMILES string of the molecule is O=C1CC(CCl)CN1c1nc(Cl)c2cc[nH]c2n1. The van der Waals surface area contributed by atoms with Crippen LogP contribution >= 0.6 is 23.2 Å². The van der Waals surface area contributed by atoms with Crippen molar-refractivity contribution >= 4 is 46.1 Å². The highest BCUT2D eigenvalue weighted by atomic mass is 35.5. The zero-order valence-electron chi connectivity index (χ0n) is 9.36. The van der Waals surface area contributed by atoms with Gasteiger partial charge in [-0.2, -0.15) is 9.97 Å². The lowest BCUT2D eigenvalue weighted by Crippen LogP contribution is -2.26. The van der Waals surface area contributed by atoms with E-state index in [0.717, 1.165) is 5.39 Å². The standard InChI is InChI=1S/C11H10Cl2N4O/c12-4-6-3-8(18)17(5-6)11-15-9(13)7-1-2-14-10(7)16-11/h1-2,6H,3-5H2,(H,14,15,16). The molecule has 18 heavy (non-hydrogen) atoms. The maximum Gasteiger partial charge on any atom is 0.235 e. The molecule has 94 valence electrons. The van der Waals surface area contributed by atoms with Gasteiger partial charge in [0.05, 0.1) is 5.39 Å². The van der Waals surface area contributed by atoms with Gasteiger partial charge in [-0.25, -0.2) is 0 Å². The smallest absolute Gasteiger partial charge is 0.235 e. The van der Waals surface area contributed by atoms with Crippen molar-refractivity contribution in [3.05, 3.63) is 17.4 Å². The van der Waals surface area contributed by atoms with Gasteiger partial charge in [-0.05, 0) is 12.0 Å². The van der Waals surface area contributed by atoms with Crippen LogP contribution in [0, 0.1) is 5.92 Å². The fourth-order valence-electron chi connectivity index (χ4n) is 2.09. The van der Waals surface area contributed by atoms with Crippen LogP contribution in [0.2, 0.25) is 5.15 Å². The monoisotopic (exact) mass is 284 g/mol. The molecule has 1 fully saturated rings. The van der Waals surface area contributed by atoms with Crippen LogP contribution < -0.4 is 4.90 Å². The van der Waals surface area contributed by atoms with Crippen molar-refractivity contribution in [2.24, 2.45) is 5.92 Å². The summed E-state index contributed by atoms with van der Waals surface area (Å²) >= 11 is 11.8. The Morgan fingerprint density at radius 3 is 3.06 bits per heavy atom. The molecule has 0 aromatic carbocycles. The van der Waals surface area contributed by atoms with Crippen LogP contribution in [0.4, 0.5) is 5.95 Å².